The minimum atomic E-state index is -0.149. The van der Waals surface area contributed by atoms with Crippen LogP contribution in [0.4, 0.5) is 0 Å². The quantitative estimate of drug-likeness (QED) is 0.186. The van der Waals surface area contributed by atoms with E-state index in [0.717, 1.165) is 55.4 Å². The molecule has 0 saturated carbocycles. The van der Waals surface area contributed by atoms with Gasteiger partial charge < -0.3 is 8.83 Å². The molecule has 4 nitrogen and oxygen atoms in total. The molecule has 0 bridgehead atoms. The van der Waals surface area contributed by atoms with Gasteiger partial charge in [-0.15, -0.1) is 0 Å². The fourth-order valence-electron chi connectivity index (χ4n) is 8.52. The van der Waals surface area contributed by atoms with Crippen molar-refractivity contribution in [3.63, 3.8) is 0 Å². The summed E-state index contributed by atoms with van der Waals surface area (Å²) in [6.07, 6.45) is 0. The van der Waals surface area contributed by atoms with Crippen molar-refractivity contribution < 1.29 is 8.83 Å². The zero-order chi connectivity index (χ0) is 35.3. The van der Waals surface area contributed by atoms with Gasteiger partial charge in [0.15, 0.2) is 11.2 Å². The molecule has 0 radical (unpaired) electrons. The van der Waals surface area contributed by atoms with Gasteiger partial charge in [-0.2, -0.15) is 0 Å². The number of benzene rings is 8. The average Bonchev–Trinajstić information content (AvgIpc) is 3.90. The zero-order valence-corrected chi connectivity index (χ0v) is 29.2. The second-order valence-corrected chi connectivity index (χ2v) is 14.6. The Morgan fingerprint density at radius 3 is 1.70 bits per heavy atom. The van der Waals surface area contributed by atoms with E-state index in [9.17, 15) is 0 Å². The molecule has 0 atom stereocenters. The maximum absolute atomic E-state index is 6.33. The Balaban J connectivity index is 1.11. The maximum atomic E-state index is 6.33. The van der Waals surface area contributed by atoms with Gasteiger partial charge in [-0.25, -0.2) is 9.97 Å². The van der Waals surface area contributed by atoms with Gasteiger partial charge in [-0.05, 0) is 127 Å². The highest BCUT2D eigenvalue weighted by atomic mass is 16.4. The van der Waals surface area contributed by atoms with Gasteiger partial charge >= 0.3 is 0 Å². The summed E-state index contributed by atoms with van der Waals surface area (Å²) >= 11 is 0. The van der Waals surface area contributed by atoms with Gasteiger partial charge in [0, 0.05) is 16.5 Å². The van der Waals surface area contributed by atoms with Crippen LogP contribution in [0.5, 0.6) is 0 Å². The van der Waals surface area contributed by atoms with Crippen molar-refractivity contribution in [2.24, 2.45) is 0 Å². The molecule has 2 aromatic heterocycles. The molecule has 10 aromatic rings. The molecule has 8 aromatic carbocycles. The van der Waals surface area contributed by atoms with E-state index in [1.807, 2.05) is 48.5 Å². The lowest BCUT2D eigenvalue weighted by Gasteiger charge is -2.23. The summed E-state index contributed by atoms with van der Waals surface area (Å²) in [6, 6.07) is 55.8. The number of oxazole rings is 2. The zero-order valence-electron chi connectivity index (χ0n) is 29.2. The third-order valence-electron chi connectivity index (χ3n) is 11.1. The first-order valence-corrected chi connectivity index (χ1v) is 18.1. The van der Waals surface area contributed by atoms with Crippen molar-refractivity contribution in [3.8, 4) is 56.3 Å². The summed E-state index contributed by atoms with van der Waals surface area (Å²) in [5.74, 6) is 1.11. The summed E-state index contributed by atoms with van der Waals surface area (Å²) in [4.78, 5) is 9.78. The smallest absolute Gasteiger partial charge is 0.227 e. The van der Waals surface area contributed by atoms with Gasteiger partial charge in [-0.1, -0.05) is 111 Å². The number of rotatable bonds is 4. The van der Waals surface area contributed by atoms with E-state index in [1.54, 1.807) is 0 Å². The topological polar surface area (TPSA) is 52.1 Å². The number of aromatic nitrogens is 2. The van der Waals surface area contributed by atoms with Crippen LogP contribution < -0.4 is 0 Å². The van der Waals surface area contributed by atoms with Crippen LogP contribution in [0.2, 0.25) is 0 Å². The van der Waals surface area contributed by atoms with Crippen molar-refractivity contribution in [2.75, 3.05) is 0 Å². The molecule has 4 heteroatoms. The van der Waals surface area contributed by atoms with Crippen LogP contribution in [0.1, 0.15) is 25.0 Å². The number of para-hydroxylation sites is 4. The Bertz CT molecular complexity index is 2950. The molecule has 0 aliphatic heterocycles. The highest BCUT2D eigenvalue weighted by Gasteiger charge is 2.37. The molecule has 1 aliphatic carbocycles. The fourth-order valence-corrected chi connectivity index (χ4v) is 8.52. The largest absolute Gasteiger partial charge is 0.436 e. The lowest BCUT2D eigenvalue weighted by molar-refractivity contribution is 0.617. The Kier molecular flexibility index (Phi) is 6.27. The van der Waals surface area contributed by atoms with Crippen molar-refractivity contribution in [3.05, 3.63) is 169 Å². The SMILES string of the molecule is CC1(C)c2cc(-c3cc(-c4cc(-c5nc6ccccc6o5)cc(-c5nc6ccccc6o5)c4)c4ccccc4c3)ccc2-c2ccc3ccccc3c21. The lowest BCUT2D eigenvalue weighted by atomic mass is 9.79. The maximum Gasteiger partial charge on any atom is 0.227 e. The van der Waals surface area contributed by atoms with Crippen LogP contribution in [0.3, 0.4) is 0 Å². The third-order valence-corrected chi connectivity index (χ3v) is 11.1. The van der Waals surface area contributed by atoms with E-state index in [-0.39, 0.29) is 5.41 Å². The molecule has 11 rings (SSSR count). The molecular weight excluding hydrogens is 649 g/mol. The number of hydrogen-bond acceptors (Lipinski definition) is 4. The first-order chi connectivity index (χ1) is 26.0. The van der Waals surface area contributed by atoms with E-state index < -0.39 is 0 Å². The summed E-state index contributed by atoms with van der Waals surface area (Å²) in [5.41, 5.74) is 14.6. The molecule has 0 N–H and O–H groups in total. The van der Waals surface area contributed by atoms with Gasteiger partial charge in [0.05, 0.1) is 0 Å². The van der Waals surface area contributed by atoms with E-state index in [4.69, 9.17) is 18.8 Å². The molecule has 2 heterocycles. The average molecular weight is 681 g/mol. The summed E-state index contributed by atoms with van der Waals surface area (Å²) in [5, 5.41) is 4.94. The van der Waals surface area contributed by atoms with Crippen LogP contribution in [0.15, 0.2) is 167 Å². The predicted molar refractivity (Wildman–Crippen MR) is 216 cm³/mol. The second kappa shape index (κ2) is 11.1. The molecular formula is C49H32N2O2. The third kappa shape index (κ3) is 4.62. The summed E-state index contributed by atoms with van der Waals surface area (Å²) < 4.78 is 12.7. The van der Waals surface area contributed by atoms with Crippen molar-refractivity contribution in [2.45, 2.75) is 19.3 Å². The molecule has 0 fully saturated rings. The normalized spacial score (nSPS) is 13.2. The van der Waals surface area contributed by atoms with Crippen molar-refractivity contribution in [1.29, 1.82) is 0 Å². The molecule has 0 unspecified atom stereocenters. The fraction of sp³-hybridized carbons (Fsp3) is 0.0612. The first-order valence-electron chi connectivity index (χ1n) is 18.1. The number of nitrogens with zero attached hydrogens (tertiary/aromatic N) is 2. The second-order valence-electron chi connectivity index (χ2n) is 14.6. The highest BCUT2D eigenvalue weighted by Crippen LogP contribution is 2.52. The number of hydrogen-bond donors (Lipinski definition) is 0. The summed E-state index contributed by atoms with van der Waals surface area (Å²) in [6.45, 7) is 4.73. The molecule has 0 amide bonds. The van der Waals surface area contributed by atoms with Gasteiger partial charge in [0.1, 0.15) is 11.0 Å². The van der Waals surface area contributed by atoms with Crippen molar-refractivity contribution in [1.82, 2.24) is 9.97 Å². The van der Waals surface area contributed by atoms with Gasteiger partial charge in [0.2, 0.25) is 11.8 Å². The van der Waals surface area contributed by atoms with Gasteiger partial charge in [-0.3, -0.25) is 0 Å². The van der Waals surface area contributed by atoms with Crippen LogP contribution >= 0.6 is 0 Å². The highest BCUT2D eigenvalue weighted by molar-refractivity contribution is 6.02. The van der Waals surface area contributed by atoms with E-state index in [0.29, 0.717) is 11.8 Å². The van der Waals surface area contributed by atoms with Crippen molar-refractivity contribution >= 4 is 43.7 Å². The van der Waals surface area contributed by atoms with E-state index in [2.05, 4.69) is 123 Å². The standard InChI is InChI=1S/C49H32N2O2/c1-49(2)41-28-30(20-21-38(41)39-22-19-29-11-3-6-14-37(29)46(39)49)32-23-31-12-4-5-13-36(31)40(27-32)33-24-34(47-50-42-15-7-9-17-44(42)52-47)26-35(25-33)48-51-43-16-8-10-18-45(43)53-48/h3-28H,1-2H3. The van der Waals surface area contributed by atoms with Gasteiger partial charge in [0.25, 0.3) is 0 Å². The number of fused-ring (bicyclic) bond motifs is 8. The first kappa shape index (κ1) is 29.9. The molecule has 250 valence electrons. The Morgan fingerprint density at radius 1 is 0.415 bits per heavy atom. The lowest BCUT2D eigenvalue weighted by Crippen LogP contribution is -2.15. The summed E-state index contributed by atoms with van der Waals surface area (Å²) in [7, 11) is 0. The monoisotopic (exact) mass is 680 g/mol. The van der Waals surface area contributed by atoms with Crippen LogP contribution in [0, 0.1) is 0 Å². The minimum absolute atomic E-state index is 0.149. The molecule has 0 spiro atoms. The van der Waals surface area contributed by atoms with Crippen LogP contribution in [0.25, 0.3) is 100 Å². The Hall–Kier alpha value is -6.78. The molecule has 53 heavy (non-hydrogen) atoms. The van der Waals surface area contributed by atoms with E-state index in [1.165, 1.54) is 44.0 Å². The molecule has 0 saturated heterocycles. The Labute approximate surface area is 306 Å². The Morgan fingerprint density at radius 2 is 1.00 bits per heavy atom. The molecule has 1 aliphatic rings. The van der Waals surface area contributed by atoms with E-state index >= 15 is 0 Å². The minimum Gasteiger partial charge on any atom is -0.436 e. The van der Waals surface area contributed by atoms with Crippen LogP contribution in [-0.4, -0.2) is 9.97 Å². The predicted octanol–water partition coefficient (Wildman–Crippen LogP) is 13.2. The van der Waals surface area contributed by atoms with Crippen LogP contribution in [-0.2, 0) is 5.41 Å².